The molecule has 30 heavy (non-hydrogen) atoms. The van der Waals surface area contributed by atoms with Crippen molar-refractivity contribution in [1.29, 1.82) is 0 Å². The molecule has 3 N–H and O–H groups in total. The van der Waals surface area contributed by atoms with Gasteiger partial charge >= 0.3 is 0 Å². The fraction of sp³-hybridized carbons (Fsp3) is 0.318. The molecular weight excluding hydrogens is 514 g/mol. The van der Waals surface area contributed by atoms with Crippen LogP contribution in [0.25, 0.3) is 10.9 Å². The number of aromatic amines is 1. The molecular formula is C22H28FIN4OS. The highest BCUT2D eigenvalue weighted by atomic mass is 127. The molecule has 1 aromatic heterocycles. The number of H-pyrrole nitrogens is 1. The third-order valence-electron chi connectivity index (χ3n) is 4.52. The summed E-state index contributed by atoms with van der Waals surface area (Å²) >= 11 is 0. The molecule has 0 aliphatic rings. The van der Waals surface area contributed by atoms with Crippen molar-refractivity contribution in [2.24, 2.45) is 4.99 Å². The Bertz CT molecular complexity index is 978. The number of nitrogens with zero attached hydrogens (tertiary/aromatic N) is 1. The fourth-order valence-electron chi connectivity index (χ4n) is 3.11. The minimum absolute atomic E-state index is 0. The van der Waals surface area contributed by atoms with Crippen LogP contribution < -0.4 is 10.6 Å². The first-order valence-corrected chi connectivity index (χ1v) is 11.3. The molecule has 0 saturated carbocycles. The van der Waals surface area contributed by atoms with Crippen LogP contribution in [0.3, 0.4) is 0 Å². The summed E-state index contributed by atoms with van der Waals surface area (Å²) < 4.78 is 25.7. The van der Waals surface area contributed by atoms with Crippen LogP contribution in [0.5, 0.6) is 0 Å². The first kappa shape index (κ1) is 24.3. The molecule has 0 radical (unpaired) electrons. The molecule has 0 amide bonds. The minimum Gasteiger partial charge on any atom is -0.361 e. The van der Waals surface area contributed by atoms with Crippen LogP contribution >= 0.6 is 24.0 Å². The van der Waals surface area contributed by atoms with Crippen molar-refractivity contribution >= 4 is 51.6 Å². The third-order valence-corrected chi connectivity index (χ3v) is 5.81. The van der Waals surface area contributed by atoms with Crippen LogP contribution in [-0.4, -0.2) is 40.5 Å². The molecule has 0 saturated heterocycles. The zero-order valence-electron chi connectivity index (χ0n) is 17.0. The lowest BCUT2D eigenvalue weighted by atomic mass is 10.1. The molecule has 3 aromatic rings. The van der Waals surface area contributed by atoms with Gasteiger partial charge < -0.3 is 15.6 Å². The number of halogens is 2. The van der Waals surface area contributed by atoms with Gasteiger partial charge in [-0.15, -0.1) is 24.0 Å². The fourth-order valence-corrected chi connectivity index (χ4v) is 4.11. The Morgan fingerprint density at radius 3 is 2.73 bits per heavy atom. The normalized spacial score (nSPS) is 12.4. The summed E-state index contributed by atoms with van der Waals surface area (Å²) in [6, 6.07) is 14.6. The van der Waals surface area contributed by atoms with Crippen molar-refractivity contribution in [3.63, 3.8) is 0 Å². The highest BCUT2D eigenvalue weighted by Gasteiger charge is 2.06. The Labute approximate surface area is 196 Å². The maximum absolute atomic E-state index is 13.5. The van der Waals surface area contributed by atoms with Crippen molar-refractivity contribution in [3.05, 3.63) is 71.7 Å². The minimum atomic E-state index is -0.942. The van der Waals surface area contributed by atoms with E-state index in [0.29, 0.717) is 30.6 Å². The largest absolute Gasteiger partial charge is 0.361 e. The number of aliphatic imine (C=N–C) groups is 1. The first-order valence-electron chi connectivity index (χ1n) is 9.82. The topological polar surface area (TPSA) is 69.3 Å². The number of nitrogens with one attached hydrogen (secondary N) is 3. The number of benzene rings is 2. The maximum Gasteiger partial charge on any atom is 0.191 e. The summed E-state index contributed by atoms with van der Waals surface area (Å²) in [5.41, 5.74) is 3.07. The molecule has 8 heteroatoms. The second-order valence-electron chi connectivity index (χ2n) is 6.72. The van der Waals surface area contributed by atoms with Crippen molar-refractivity contribution in [2.45, 2.75) is 19.1 Å². The first-order chi connectivity index (χ1) is 14.2. The van der Waals surface area contributed by atoms with Crippen molar-refractivity contribution < 1.29 is 8.60 Å². The Kier molecular flexibility index (Phi) is 10.3. The number of guanidine groups is 1. The van der Waals surface area contributed by atoms with E-state index in [9.17, 15) is 8.60 Å². The van der Waals surface area contributed by atoms with Gasteiger partial charge in [-0.05, 0) is 42.7 Å². The Morgan fingerprint density at radius 1 is 1.17 bits per heavy atom. The van der Waals surface area contributed by atoms with Gasteiger partial charge in [0, 0.05) is 52.5 Å². The number of hydrogen-bond acceptors (Lipinski definition) is 2. The SMILES string of the molecule is CCNC(=NCCS(=O)Cc1ccccc1)NCCc1c[nH]c2ccc(F)cc12.I. The van der Waals surface area contributed by atoms with Gasteiger partial charge in [-0.1, -0.05) is 30.3 Å². The van der Waals surface area contributed by atoms with E-state index in [1.807, 2.05) is 43.5 Å². The smallest absolute Gasteiger partial charge is 0.191 e. The zero-order valence-corrected chi connectivity index (χ0v) is 20.1. The van der Waals surface area contributed by atoms with Crippen molar-refractivity contribution in [2.75, 3.05) is 25.4 Å². The maximum atomic E-state index is 13.5. The van der Waals surface area contributed by atoms with Crippen LogP contribution in [0.1, 0.15) is 18.1 Å². The summed E-state index contributed by atoms with van der Waals surface area (Å²) in [6.45, 7) is 3.92. The second-order valence-corrected chi connectivity index (χ2v) is 8.29. The molecule has 0 aliphatic heterocycles. The van der Waals surface area contributed by atoms with Crippen molar-refractivity contribution in [3.8, 4) is 0 Å². The van der Waals surface area contributed by atoms with Crippen molar-refractivity contribution in [1.82, 2.24) is 15.6 Å². The van der Waals surface area contributed by atoms with Gasteiger partial charge in [0.2, 0.25) is 0 Å². The molecule has 3 rings (SSSR count). The lowest BCUT2D eigenvalue weighted by Gasteiger charge is -2.11. The molecule has 0 aliphatic carbocycles. The summed E-state index contributed by atoms with van der Waals surface area (Å²) in [7, 11) is -0.942. The van der Waals surface area contributed by atoms with Gasteiger partial charge in [0.25, 0.3) is 0 Å². The summed E-state index contributed by atoms with van der Waals surface area (Å²) in [5.74, 6) is 1.55. The number of rotatable bonds is 9. The number of hydrogen-bond donors (Lipinski definition) is 3. The Balaban J connectivity index is 0.00000320. The number of aromatic nitrogens is 1. The van der Waals surface area contributed by atoms with Gasteiger partial charge in [-0.2, -0.15) is 0 Å². The van der Waals surface area contributed by atoms with Gasteiger partial charge in [-0.3, -0.25) is 9.20 Å². The quantitative estimate of drug-likeness (QED) is 0.218. The molecule has 0 spiro atoms. The molecule has 1 atom stereocenters. The van der Waals surface area contributed by atoms with E-state index in [1.165, 1.54) is 6.07 Å². The van der Waals surface area contributed by atoms with E-state index < -0.39 is 10.8 Å². The average molecular weight is 542 g/mol. The average Bonchev–Trinajstić information content (AvgIpc) is 3.11. The van der Waals surface area contributed by atoms with Gasteiger partial charge in [0.1, 0.15) is 5.82 Å². The predicted octanol–water partition coefficient (Wildman–Crippen LogP) is 3.97. The number of fused-ring (bicyclic) bond motifs is 1. The van der Waals surface area contributed by atoms with E-state index in [2.05, 4.69) is 20.6 Å². The summed E-state index contributed by atoms with van der Waals surface area (Å²) in [4.78, 5) is 7.70. The third kappa shape index (κ3) is 7.39. The van der Waals surface area contributed by atoms with Crippen LogP contribution in [0.15, 0.2) is 59.7 Å². The van der Waals surface area contributed by atoms with E-state index >= 15 is 0 Å². The molecule has 1 unspecified atom stereocenters. The standard InChI is InChI=1S/C22H27FN4OS.HI/c1-2-24-22(26-12-13-29(28)16-17-6-4-3-5-7-17)25-11-10-18-15-27-21-9-8-19(23)14-20(18)21;/h3-9,14-15,27H,2,10-13,16H2,1H3,(H2,24,25,26);1H. The van der Waals surface area contributed by atoms with Crippen LogP contribution in [0.4, 0.5) is 4.39 Å². The highest BCUT2D eigenvalue weighted by molar-refractivity contribution is 14.0. The summed E-state index contributed by atoms with van der Waals surface area (Å²) in [6.07, 6.45) is 2.66. The molecule has 162 valence electrons. The monoisotopic (exact) mass is 542 g/mol. The van der Waals surface area contributed by atoms with E-state index in [-0.39, 0.29) is 29.8 Å². The zero-order chi connectivity index (χ0) is 20.5. The van der Waals surface area contributed by atoms with Gasteiger partial charge in [0.05, 0.1) is 6.54 Å². The van der Waals surface area contributed by atoms with Crippen LogP contribution in [0, 0.1) is 5.82 Å². The van der Waals surface area contributed by atoms with E-state index in [1.54, 1.807) is 12.1 Å². The molecule has 0 fully saturated rings. The van der Waals surface area contributed by atoms with Gasteiger partial charge in [-0.25, -0.2) is 4.39 Å². The van der Waals surface area contributed by atoms with Crippen LogP contribution in [0.2, 0.25) is 0 Å². The highest BCUT2D eigenvalue weighted by Crippen LogP contribution is 2.19. The molecule has 0 bridgehead atoms. The molecule has 2 aromatic carbocycles. The molecule has 5 nitrogen and oxygen atoms in total. The Hall–Kier alpha value is -1.94. The van der Waals surface area contributed by atoms with E-state index in [4.69, 9.17) is 0 Å². The Morgan fingerprint density at radius 2 is 1.97 bits per heavy atom. The second kappa shape index (κ2) is 12.7. The summed E-state index contributed by atoms with van der Waals surface area (Å²) in [5, 5.41) is 7.41. The lowest BCUT2D eigenvalue weighted by molar-refractivity contribution is 0.629. The lowest BCUT2D eigenvalue weighted by Crippen LogP contribution is -2.38. The van der Waals surface area contributed by atoms with E-state index in [0.717, 1.165) is 35.0 Å². The van der Waals surface area contributed by atoms with Gasteiger partial charge in [0.15, 0.2) is 5.96 Å². The molecule has 1 heterocycles. The van der Waals surface area contributed by atoms with Crippen LogP contribution in [-0.2, 0) is 23.0 Å². The predicted molar refractivity (Wildman–Crippen MR) is 135 cm³/mol.